The molecule has 0 spiro atoms. The second-order valence-corrected chi connectivity index (χ2v) is 5.61. The van der Waals surface area contributed by atoms with E-state index in [-0.39, 0.29) is 36.5 Å². The van der Waals surface area contributed by atoms with Gasteiger partial charge < -0.3 is 20.4 Å². The third-order valence-electron chi connectivity index (χ3n) is 3.97. The van der Waals surface area contributed by atoms with Crippen molar-refractivity contribution in [1.82, 2.24) is 14.7 Å². The smallest absolute Gasteiger partial charge is 0.266 e. The fourth-order valence-corrected chi connectivity index (χ4v) is 2.48. The maximum Gasteiger partial charge on any atom is 0.266 e. The van der Waals surface area contributed by atoms with Crippen LogP contribution in [0.5, 0.6) is 0 Å². The number of nitrogens with zero attached hydrogens (tertiary/aromatic N) is 4. The van der Waals surface area contributed by atoms with E-state index in [0.29, 0.717) is 0 Å². The van der Waals surface area contributed by atoms with Gasteiger partial charge in [-0.3, -0.25) is 9.59 Å². The monoisotopic (exact) mass is 307 g/mol. The predicted octanol–water partition coefficient (Wildman–Crippen LogP) is -0.246. The summed E-state index contributed by atoms with van der Waals surface area (Å²) >= 11 is 0. The van der Waals surface area contributed by atoms with Crippen LogP contribution in [0.1, 0.15) is 19.8 Å². The molecule has 122 valence electrons. The van der Waals surface area contributed by atoms with Gasteiger partial charge in [-0.1, -0.05) is 0 Å². The third-order valence-corrected chi connectivity index (χ3v) is 3.97. The van der Waals surface area contributed by atoms with Crippen molar-refractivity contribution in [2.75, 3.05) is 40.3 Å². The number of nitriles is 1. The molecular weight excluding hydrogens is 282 g/mol. The molecule has 1 rings (SSSR count). The van der Waals surface area contributed by atoms with Gasteiger partial charge in [-0.2, -0.15) is 5.26 Å². The number of rotatable bonds is 5. The molecule has 7 nitrogen and oxygen atoms in total. The zero-order valence-corrected chi connectivity index (χ0v) is 13.6. The SMILES string of the molecule is CC(=O)N(/C=C(/C#N)C(=O)N(C)C1CCN(C)CC1)CCN. The number of piperidine rings is 1. The molecule has 0 unspecified atom stereocenters. The molecular formula is C15H25N5O2. The lowest BCUT2D eigenvalue weighted by Gasteiger charge is -2.35. The van der Waals surface area contributed by atoms with Gasteiger partial charge in [0.15, 0.2) is 0 Å². The van der Waals surface area contributed by atoms with Crippen molar-refractivity contribution in [3.63, 3.8) is 0 Å². The van der Waals surface area contributed by atoms with Gasteiger partial charge in [-0.05, 0) is 33.0 Å². The Morgan fingerprint density at radius 1 is 1.41 bits per heavy atom. The first-order valence-electron chi connectivity index (χ1n) is 7.45. The highest BCUT2D eigenvalue weighted by Gasteiger charge is 2.26. The normalized spacial score (nSPS) is 17.0. The third kappa shape index (κ3) is 4.83. The number of hydrogen-bond acceptors (Lipinski definition) is 5. The van der Waals surface area contributed by atoms with E-state index in [2.05, 4.69) is 11.9 Å². The minimum Gasteiger partial charge on any atom is -0.338 e. The lowest BCUT2D eigenvalue weighted by Crippen LogP contribution is -2.45. The Balaban J connectivity index is 2.82. The van der Waals surface area contributed by atoms with Crippen LogP contribution in [-0.2, 0) is 9.59 Å². The molecule has 0 aliphatic carbocycles. The molecule has 0 atom stereocenters. The van der Waals surface area contributed by atoms with Gasteiger partial charge in [0.2, 0.25) is 5.91 Å². The quantitative estimate of drug-likeness (QED) is 0.558. The van der Waals surface area contributed by atoms with Gasteiger partial charge in [0.05, 0.1) is 0 Å². The van der Waals surface area contributed by atoms with E-state index in [1.165, 1.54) is 18.0 Å². The molecule has 2 amide bonds. The summed E-state index contributed by atoms with van der Waals surface area (Å²) in [6.45, 7) is 3.80. The van der Waals surface area contributed by atoms with Gasteiger partial charge in [0, 0.05) is 39.3 Å². The zero-order valence-electron chi connectivity index (χ0n) is 13.6. The summed E-state index contributed by atoms with van der Waals surface area (Å²) in [4.78, 5) is 29.1. The van der Waals surface area contributed by atoms with Crippen molar-refractivity contribution < 1.29 is 9.59 Å². The van der Waals surface area contributed by atoms with E-state index < -0.39 is 0 Å². The highest BCUT2D eigenvalue weighted by Crippen LogP contribution is 2.16. The predicted molar refractivity (Wildman–Crippen MR) is 83.4 cm³/mol. The summed E-state index contributed by atoms with van der Waals surface area (Å²) in [6, 6.07) is 2.02. The summed E-state index contributed by atoms with van der Waals surface area (Å²) < 4.78 is 0. The van der Waals surface area contributed by atoms with Crippen molar-refractivity contribution >= 4 is 11.8 Å². The molecule has 0 aromatic heterocycles. The van der Waals surface area contributed by atoms with Crippen LogP contribution < -0.4 is 5.73 Å². The van der Waals surface area contributed by atoms with Gasteiger partial charge in [0.1, 0.15) is 11.6 Å². The van der Waals surface area contributed by atoms with Crippen molar-refractivity contribution in [2.45, 2.75) is 25.8 Å². The Kier molecular flexibility index (Phi) is 7.02. The number of amides is 2. The summed E-state index contributed by atoms with van der Waals surface area (Å²) in [5.74, 6) is -0.590. The number of carbonyl (C=O) groups is 2. The van der Waals surface area contributed by atoms with E-state index in [1.54, 1.807) is 11.9 Å². The lowest BCUT2D eigenvalue weighted by molar-refractivity contribution is -0.128. The summed E-state index contributed by atoms with van der Waals surface area (Å²) in [7, 11) is 3.76. The maximum absolute atomic E-state index is 12.5. The maximum atomic E-state index is 12.5. The van der Waals surface area contributed by atoms with E-state index in [9.17, 15) is 14.9 Å². The molecule has 0 aromatic carbocycles. The fourth-order valence-electron chi connectivity index (χ4n) is 2.48. The Morgan fingerprint density at radius 3 is 2.45 bits per heavy atom. The van der Waals surface area contributed by atoms with Crippen LogP contribution in [-0.4, -0.2) is 72.8 Å². The van der Waals surface area contributed by atoms with Crippen molar-refractivity contribution in [2.24, 2.45) is 5.73 Å². The van der Waals surface area contributed by atoms with E-state index in [1.807, 2.05) is 6.07 Å². The fraction of sp³-hybridized carbons (Fsp3) is 0.667. The Labute approximate surface area is 131 Å². The highest BCUT2D eigenvalue weighted by atomic mass is 16.2. The molecule has 0 bridgehead atoms. The standard InChI is InChI=1S/C15H25N5O2/c1-12(21)20(9-6-16)11-13(10-17)15(22)19(3)14-4-7-18(2)8-5-14/h11,14H,4-9,16H2,1-3H3/b13-11-. The van der Waals surface area contributed by atoms with Gasteiger partial charge in [-0.15, -0.1) is 0 Å². The van der Waals surface area contributed by atoms with Crippen LogP contribution in [0.3, 0.4) is 0 Å². The summed E-state index contributed by atoms with van der Waals surface area (Å²) in [5.41, 5.74) is 5.41. The molecule has 1 saturated heterocycles. The molecule has 0 radical (unpaired) electrons. The molecule has 1 aliphatic rings. The van der Waals surface area contributed by atoms with Gasteiger partial charge in [0.25, 0.3) is 5.91 Å². The average molecular weight is 307 g/mol. The second kappa shape index (κ2) is 8.51. The highest BCUT2D eigenvalue weighted by molar-refractivity contribution is 5.97. The van der Waals surface area contributed by atoms with Crippen molar-refractivity contribution in [1.29, 1.82) is 5.26 Å². The Morgan fingerprint density at radius 2 is 2.00 bits per heavy atom. The van der Waals surface area contributed by atoms with Crippen LogP contribution in [0.4, 0.5) is 0 Å². The van der Waals surface area contributed by atoms with E-state index in [0.717, 1.165) is 25.9 Å². The van der Waals surface area contributed by atoms with Gasteiger partial charge in [-0.25, -0.2) is 0 Å². The van der Waals surface area contributed by atoms with Gasteiger partial charge >= 0.3 is 0 Å². The molecule has 2 N–H and O–H groups in total. The molecule has 1 aliphatic heterocycles. The number of hydrogen-bond donors (Lipinski definition) is 1. The molecule has 1 heterocycles. The first-order chi connectivity index (χ1) is 10.4. The van der Waals surface area contributed by atoms with E-state index >= 15 is 0 Å². The Bertz CT molecular complexity index is 475. The second-order valence-electron chi connectivity index (χ2n) is 5.61. The first-order valence-corrected chi connectivity index (χ1v) is 7.45. The Hall–Kier alpha value is -1.91. The molecule has 0 aromatic rings. The van der Waals surface area contributed by atoms with Crippen LogP contribution in [0.2, 0.25) is 0 Å². The molecule has 1 fully saturated rings. The van der Waals surface area contributed by atoms with Crippen molar-refractivity contribution in [3.8, 4) is 6.07 Å². The topological polar surface area (TPSA) is 93.7 Å². The number of nitrogens with two attached hydrogens (primary N) is 1. The van der Waals surface area contributed by atoms with Crippen LogP contribution >= 0.6 is 0 Å². The van der Waals surface area contributed by atoms with E-state index in [4.69, 9.17) is 5.73 Å². The van der Waals surface area contributed by atoms with Crippen LogP contribution in [0.25, 0.3) is 0 Å². The number of carbonyl (C=O) groups excluding carboxylic acids is 2. The van der Waals surface area contributed by atoms with Crippen LogP contribution in [0, 0.1) is 11.3 Å². The number of likely N-dealkylation sites (tertiary alicyclic amines) is 1. The first kappa shape index (κ1) is 18.1. The minimum atomic E-state index is -0.347. The largest absolute Gasteiger partial charge is 0.338 e. The molecule has 7 heteroatoms. The molecule has 0 saturated carbocycles. The van der Waals surface area contributed by atoms with Crippen molar-refractivity contribution in [3.05, 3.63) is 11.8 Å². The van der Waals surface area contributed by atoms with Crippen LogP contribution in [0.15, 0.2) is 11.8 Å². The average Bonchev–Trinajstić information content (AvgIpc) is 2.50. The number of likely N-dealkylation sites (N-methyl/N-ethyl adjacent to an activating group) is 1. The zero-order chi connectivity index (χ0) is 16.7. The lowest BCUT2D eigenvalue weighted by atomic mass is 10.0. The summed E-state index contributed by atoms with van der Waals surface area (Å²) in [6.07, 6.45) is 3.08. The summed E-state index contributed by atoms with van der Waals surface area (Å²) in [5, 5.41) is 9.24. The molecule has 22 heavy (non-hydrogen) atoms. The minimum absolute atomic E-state index is 0.0370.